The van der Waals surface area contributed by atoms with Crippen molar-refractivity contribution in [3.8, 4) is 0 Å². The topological polar surface area (TPSA) is 49.4 Å². The Morgan fingerprint density at radius 2 is 1.64 bits per heavy atom. The molecule has 0 aliphatic rings. The fourth-order valence-electron chi connectivity index (χ4n) is 3.15. The van der Waals surface area contributed by atoms with Crippen molar-refractivity contribution < 1.29 is 9.59 Å². The molecule has 0 radical (unpaired) electrons. The van der Waals surface area contributed by atoms with Crippen molar-refractivity contribution in [3.05, 3.63) is 71.3 Å². The van der Waals surface area contributed by atoms with Crippen molar-refractivity contribution in [2.75, 3.05) is 6.54 Å². The number of carbonyl (C=O) groups is 2. The summed E-state index contributed by atoms with van der Waals surface area (Å²) in [4.78, 5) is 27.6. The minimum absolute atomic E-state index is 0.00727. The second kappa shape index (κ2) is 11.3. The summed E-state index contributed by atoms with van der Waals surface area (Å²) < 4.78 is 0. The van der Waals surface area contributed by atoms with Gasteiger partial charge < -0.3 is 10.2 Å². The second-order valence-corrected chi connectivity index (χ2v) is 7.21. The predicted octanol–water partition coefficient (Wildman–Crippen LogP) is 4.26. The van der Waals surface area contributed by atoms with Gasteiger partial charge in [-0.1, -0.05) is 80.4 Å². The van der Waals surface area contributed by atoms with Gasteiger partial charge in [0, 0.05) is 25.9 Å². The van der Waals surface area contributed by atoms with E-state index in [1.165, 1.54) is 5.56 Å². The SMILES string of the molecule is CCCCNC(=O)[C@H](Cc1ccccc1)N(Cc1ccc(C)cc1)C(=O)CC. The van der Waals surface area contributed by atoms with Crippen molar-refractivity contribution in [1.29, 1.82) is 0 Å². The molecule has 0 fully saturated rings. The summed E-state index contributed by atoms with van der Waals surface area (Å²) in [7, 11) is 0. The van der Waals surface area contributed by atoms with E-state index in [9.17, 15) is 9.59 Å². The molecular formula is C24H32N2O2. The van der Waals surface area contributed by atoms with Crippen LogP contribution in [0, 0.1) is 6.92 Å². The van der Waals surface area contributed by atoms with Gasteiger partial charge in [-0.25, -0.2) is 0 Å². The Hall–Kier alpha value is -2.62. The number of unbranched alkanes of at least 4 members (excludes halogenated alkanes) is 1. The van der Waals surface area contributed by atoms with Crippen LogP contribution in [0.4, 0.5) is 0 Å². The number of aryl methyl sites for hydroxylation is 1. The molecule has 2 aromatic rings. The van der Waals surface area contributed by atoms with Crippen molar-refractivity contribution in [3.63, 3.8) is 0 Å². The van der Waals surface area contributed by atoms with E-state index in [-0.39, 0.29) is 11.8 Å². The largest absolute Gasteiger partial charge is 0.354 e. The highest BCUT2D eigenvalue weighted by atomic mass is 16.2. The highest BCUT2D eigenvalue weighted by Gasteiger charge is 2.29. The Labute approximate surface area is 169 Å². The third-order valence-corrected chi connectivity index (χ3v) is 4.88. The number of amides is 2. The van der Waals surface area contributed by atoms with Crippen LogP contribution in [0.2, 0.25) is 0 Å². The Kier molecular flexibility index (Phi) is 8.73. The standard InChI is InChI=1S/C24H32N2O2/c1-4-6-16-25-24(28)22(17-20-10-8-7-9-11-20)26(23(27)5-2)18-21-14-12-19(3)13-15-21/h7-15,22H,4-6,16-18H2,1-3H3,(H,25,28)/t22-/m0/s1. The van der Waals surface area contributed by atoms with Crippen LogP contribution in [0.5, 0.6) is 0 Å². The third-order valence-electron chi connectivity index (χ3n) is 4.88. The van der Waals surface area contributed by atoms with Gasteiger partial charge in [-0.2, -0.15) is 0 Å². The maximum absolute atomic E-state index is 13.0. The molecule has 4 heteroatoms. The quantitative estimate of drug-likeness (QED) is 0.626. The maximum Gasteiger partial charge on any atom is 0.243 e. The molecule has 1 atom stereocenters. The lowest BCUT2D eigenvalue weighted by Gasteiger charge is -2.31. The average Bonchev–Trinajstić information content (AvgIpc) is 2.72. The van der Waals surface area contributed by atoms with Crippen LogP contribution in [0.1, 0.15) is 49.8 Å². The van der Waals surface area contributed by atoms with Crippen LogP contribution in [-0.4, -0.2) is 29.3 Å². The molecule has 0 heterocycles. The molecule has 0 aliphatic carbocycles. The van der Waals surface area contributed by atoms with E-state index in [4.69, 9.17) is 0 Å². The summed E-state index contributed by atoms with van der Waals surface area (Å²) in [6.07, 6.45) is 2.84. The molecule has 2 amide bonds. The van der Waals surface area contributed by atoms with Crippen molar-refractivity contribution >= 4 is 11.8 Å². The lowest BCUT2D eigenvalue weighted by Crippen LogP contribution is -2.50. The smallest absolute Gasteiger partial charge is 0.243 e. The molecule has 0 spiro atoms. The number of nitrogens with zero attached hydrogens (tertiary/aromatic N) is 1. The van der Waals surface area contributed by atoms with Crippen molar-refractivity contribution in [2.24, 2.45) is 0 Å². The lowest BCUT2D eigenvalue weighted by atomic mass is 10.0. The van der Waals surface area contributed by atoms with Crippen LogP contribution >= 0.6 is 0 Å². The van der Waals surface area contributed by atoms with Crippen LogP contribution < -0.4 is 5.32 Å². The first-order valence-corrected chi connectivity index (χ1v) is 10.2. The van der Waals surface area contributed by atoms with E-state index in [1.54, 1.807) is 4.90 Å². The number of rotatable bonds is 10. The van der Waals surface area contributed by atoms with Crippen LogP contribution in [0.3, 0.4) is 0 Å². The Bertz CT molecular complexity index is 741. The van der Waals surface area contributed by atoms with Crippen LogP contribution in [0.25, 0.3) is 0 Å². The molecule has 0 aromatic heterocycles. The van der Waals surface area contributed by atoms with E-state index in [0.717, 1.165) is 24.0 Å². The first-order chi connectivity index (χ1) is 13.5. The van der Waals surface area contributed by atoms with Crippen LogP contribution in [-0.2, 0) is 22.6 Å². The Morgan fingerprint density at radius 3 is 2.25 bits per heavy atom. The molecule has 0 unspecified atom stereocenters. The van der Waals surface area contributed by atoms with Crippen molar-refractivity contribution in [2.45, 2.75) is 59.0 Å². The number of nitrogens with one attached hydrogen (secondary N) is 1. The normalized spacial score (nSPS) is 11.7. The van der Waals surface area contributed by atoms with Gasteiger partial charge >= 0.3 is 0 Å². The number of hydrogen-bond donors (Lipinski definition) is 1. The van der Waals surface area contributed by atoms with Gasteiger partial charge in [0.15, 0.2) is 0 Å². The summed E-state index contributed by atoms with van der Waals surface area (Å²) in [5, 5.41) is 3.03. The average molecular weight is 381 g/mol. The fraction of sp³-hybridized carbons (Fsp3) is 0.417. The molecule has 28 heavy (non-hydrogen) atoms. The maximum atomic E-state index is 13.0. The van der Waals surface area contributed by atoms with E-state index in [1.807, 2.05) is 68.4 Å². The summed E-state index contributed by atoms with van der Waals surface area (Å²) in [6.45, 7) is 7.06. The summed E-state index contributed by atoms with van der Waals surface area (Å²) >= 11 is 0. The second-order valence-electron chi connectivity index (χ2n) is 7.21. The Balaban J connectivity index is 2.28. The molecule has 1 N–H and O–H groups in total. The van der Waals surface area contributed by atoms with Gasteiger partial charge in [0.2, 0.25) is 11.8 Å². The number of hydrogen-bond acceptors (Lipinski definition) is 2. The monoisotopic (exact) mass is 380 g/mol. The summed E-state index contributed by atoms with van der Waals surface area (Å²) in [5.74, 6) is -0.0848. The molecule has 0 saturated carbocycles. The number of carbonyl (C=O) groups excluding carboxylic acids is 2. The first-order valence-electron chi connectivity index (χ1n) is 10.2. The first kappa shape index (κ1) is 21.7. The van der Waals surface area contributed by atoms with Gasteiger partial charge in [0.1, 0.15) is 6.04 Å². The van der Waals surface area contributed by atoms with Crippen LogP contribution in [0.15, 0.2) is 54.6 Å². The fourth-order valence-corrected chi connectivity index (χ4v) is 3.15. The van der Waals surface area contributed by atoms with E-state index < -0.39 is 6.04 Å². The van der Waals surface area contributed by atoms with Gasteiger partial charge in [-0.15, -0.1) is 0 Å². The van der Waals surface area contributed by atoms with E-state index in [2.05, 4.69) is 12.2 Å². The molecule has 4 nitrogen and oxygen atoms in total. The third kappa shape index (κ3) is 6.52. The minimum atomic E-state index is -0.520. The zero-order valence-corrected chi connectivity index (χ0v) is 17.3. The molecule has 150 valence electrons. The van der Waals surface area contributed by atoms with Gasteiger partial charge in [-0.05, 0) is 24.5 Å². The zero-order valence-electron chi connectivity index (χ0n) is 17.3. The number of benzene rings is 2. The summed E-state index contributed by atoms with van der Waals surface area (Å²) in [6, 6.07) is 17.5. The molecular weight excluding hydrogens is 348 g/mol. The molecule has 2 rings (SSSR count). The molecule has 0 bridgehead atoms. The Morgan fingerprint density at radius 1 is 0.964 bits per heavy atom. The van der Waals surface area contributed by atoms with Gasteiger partial charge in [0.25, 0.3) is 0 Å². The molecule has 0 aliphatic heterocycles. The minimum Gasteiger partial charge on any atom is -0.354 e. The van der Waals surface area contributed by atoms with E-state index >= 15 is 0 Å². The molecule has 0 saturated heterocycles. The summed E-state index contributed by atoms with van der Waals surface area (Å²) in [5.41, 5.74) is 3.26. The van der Waals surface area contributed by atoms with E-state index in [0.29, 0.717) is 25.9 Å². The highest BCUT2D eigenvalue weighted by Crippen LogP contribution is 2.16. The zero-order chi connectivity index (χ0) is 20.4. The molecule has 2 aromatic carbocycles. The van der Waals surface area contributed by atoms with Gasteiger partial charge in [-0.3, -0.25) is 9.59 Å². The van der Waals surface area contributed by atoms with Gasteiger partial charge in [0.05, 0.1) is 0 Å². The predicted molar refractivity (Wildman–Crippen MR) is 114 cm³/mol. The lowest BCUT2D eigenvalue weighted by molar-refractivity contribution is -0.141. The van der Waals surface area contributed by atoms with Crippen molar-refractivity contribution in [1.82, 2.24) is 10.2 Å². The highest BCUT2D eigenvalue weighted by molar-refractivity contribution is 5.87.